The van der Waals surface area contributed by atoms with E-state index in [1.165, 1.54) is 23.8 Å². The van der Waals surface area contributed by atoms with Gasteiger partial charge in [0, 0.05) is 37.3 Å². The second-order valence-electron chi connectivity index (χ2n) is 6.85. The fraction of sp³-hybridized carbons (Fsp3) is 0.588. The van der Waals surface area contributed by atoms with Crippen LogP contribution >= 0.6 is 0 Å². The molecule has 0 aromatic carbocycles. The summed E-state index contributed by atoms with van der Waals surface area (Å²) >= 11 is 0. The third-order valence-electron chi connectivity index (χ3n) is 4.88. The van der Waals surface area contributed by atoms with Gasteiger partial charge in [0.15, 0.2) is 0 Å². The van der Waals surface area contributed by atoms with Gasteiger partial charge in [-0.05, 0) is 30.2 Å². The van der Waals surface area contributed by atoms with Gasteiger partial charge in [-0.25, -0.2) is 9.97 Å². The van der Waals surface area contributed by atoms with Gasteiger partial charge in [-0.2, -0.15) is 0 Å². The van der Waals surface area contributed by atoms with E-state index >= 15 is 0 Å². The normalized spacial score (nSPS) is 22.5. The van der Waals surface area contributed by atoms with Crippen LogP contribution in [0.3, 0.4) is 0 Å². The van der Waals surface area contributed by atoms with Crippen LogP contribution in [0.4, 0.5) is 5.82 Å². The summed E-state index contributed by atoms with van der Waals surface area (Å²) in [5.74, 6) is 2.38. The Morgan fingerprint density at radius 1 is 1.23 bits per heavy atom. The van der Waals surface area contributed by atoms with E-state index < -0.39 is 0 Å². The average Bonchev–Trinajstić information content (AvgIpc) is 3.38. The highest BCUT2D eigenvalue weighted by molar-refractivity contribution is 5.92. The summed E-state index contributed by atoms with van der Waals surface area (Å²) in [7, 11) is 0. The van der Waals surface area contributed by atoms with E-state index in [0.717, 1.165) is 31.0 Å². The van der Waals surface area contributed by atoms with Crippen molar-refractivity contribution >= 4 is 16.7 Å². The van der Waals surface area contributed by atoms with E-state index in [1.54, 1.807) is 6.33 Å². The number of nitrogens with zero attached hydrogens (tertiary/aromatic N) is 4. The van der Waals surface area contributed by atoms with Crippen LogP contribution in [-0.4, -0.2) is 40.6 Å². The number of piperazine rings is 1. The Morgan fingerprint density at radius 2 is 2.09 bits per heavy atom. The largest absolute Gasteiger partial charge is 0.353 e. The monoisotopic (exact) mass is 297 g/mol. The molecule has 3 heterocycles. The van der Waals surface area contributed by atoms with E-state index in [0.29, 0.717) is 17.9 Å². The van der Waals surface area contributed by atoms with Crippen LogP contribution in [0.1, 0.15) is 38.2 Å². The van der Waals surface area contributed by atoms with Crippen LogP contribution in [-0.2, 0) is 0 Å². The molecule has 2 fully saturated rings. The molecule has 1 saturated heterocycles. The molecule has 0 spiro atoms. The molecular weight excluding hydrogens is 274 g/mol. The lowest BCUT2D eigenvalue weighted by Crippen LogP contribution is -2.53. The van der Waals surface area contributed by atoms with Crippen molar-refractivity contribution in [2.24, 2.45) is 5.92 Å². The zero-order chi connectivity index (χ0) is 15.1. The zero-order valence-electron chi connectivity index (χ0n) is 13.3. The summed E-state index contributed by atoms with van der Waals surface area (Å²) in [6, 6.07) is 0.518. The van der Waals surface area contributed by atoms with Crippen LogP contribution < -0.4 is 10.2 Å². The average molecular weight is 297 g/mol. The molecule has 2 aromatic rings. The fourth-order valence-corrected chi connectivity index (χ4v) is 3.38. The minimum absolute atomic E-state index is 0.518. The molecule has 0 amide bonds. The maximum atomic E-state index is 4.65. The molecule has 2 aromatic heterocycles. The Hall–Kier alpha value is -1.75. The van der Waals surface area contributed by atoms with Crippen LogP contribution in [0.2, 0.25) is 0 Å². The van der Waals surface area contributed by atoms with Gasteiger partial charge in [0.2, 0.25) is 0 Å². The fourth-order valence-electron chi connectivity index (χ4n) is 3.38. The minimum Gasteiger partial charge on any atom is -0.353 e. The van der Waals surface area contributed by atoms with Crippen molar-refractivity contribution in [2.75, 3.05) is 24.5 Å². The number of nitrogens with one attached hydrogen (secondary N) is 1. The van der Waals surface area contributed by atoms with Crippen molar-refractivity contribution in [2.45, 2.75) is 38.6 Å². The van der Waals surface area contributed by atoms with Crippen molar-refractivity contribution in [3.8, 4) is 0 Å². The first kappa shape index (κ1) is 13.9. The molecule has 4 rings (SSSR count). The second-order valence-corrected chi connectivity index (χ2v) is 6.85. The molecule has 1 N–H and O–H groups in total. The Balaban J connectivity index is 1.77. The number of hydrogen-bond donors (Lipinski definition) is 1. The van der Waals surface area contributed by atoms with Gasteiger partial charge in [0.25, 0.3) is 0 Å². The zero-order valence-corrected chi connectivity index (χ0v) is 13.3. The van der Waals surface area contributed by atoms with E-state index in [2.05, 4.69) is 39.0 Å². The van der Waals surface area contributed by atoms with Gasteiger partial charge >= 0.3 is 0 Å². The van der Waals surface area contributed by atoms with Crippen molar-refractivity contribution in [1.29, 1.82) is 0 Å². The molecule has 0 unspecified atom stereocenters. The Labute approximate surface area is 131 Å². The number of hydrogen-bond acceptors (Lipinski definition) is 5. The number of rotatable bonds is 3. The third kappa shape index (κ3) is 2.43. The van der Waals surface area contributed by atoms with Crippen LogP contribution in [0.5, 0.6) is 0 Å². The molecule has 1 aliphatic heterocycles. The smallest absolute Gasteiger partial charge is 0.140 e. The van der Waals surface area contributed by atoms with E-state index in [1.807, 2.05) is 12.4 Å². The molecule has 1 saturated carbocycles. The lowest BCUT2D eigenvalue weighted by molar-refractivity contribution is 0.367. The molecule has 5 nitrogen and oxygen atoms in total. The highest BCUT2D eigenvalue weighted by Gasteiger charge is 2.29. The van der Waals surface area contributed by atoms with Gasteiger partial charge in [-0.1, -0.05) is 13.8 Å². The molecule has 22 heavy (non-hydrogen) atoms. The molecule has 0 bridgehead atoms. The Morgan fingerprint density at radius 3 is 2.86 bits per heavy atom. The minimum atomic E-state index is 0.518. The molecule has 5 heteroatoms. The molecule has 0 radical (unpaired) electrons. The quantitative estimate of drug-likeness (QED) is 0.942. The van der Waals surface area contributed by atoms with Gasteiger partial charge in [-0.15, -0.1) is 0 Å². The number of pyridine rings is 1. The number of aromatic nitrogens is 3. The standard InChI is InChI=1S/C17H23N5/c1-11(2)15-9-22(6-5-19-15)17-16-13(12-3-4-12)7-18-8-14(16)20-10-21-17/h7-8,10-12,15,19H,3-6,9H2,1-2H3/t15-/m1/s1. The predicted octanol–water partition coefficient (Wildman–Crippen LogP) is 2.34. The SMILES string of the molecule is CC(C)[C@H]1CN(c2ncnc3cncc(C4CC4)c23)CCN1. The van der Waals surface area contributed by atoms with Crippen molar-refractivity contribution < 1.29 is 0 Å². The molecular formula is C17H23N5. The van der Waals surface area contributed by atoms with Crippen molar-refractivity contribution in [3.63, 3.8) is 0 Å². The van der Waals surface area contributed by atoms with Gasteiger partial charge in [0.1, 0.15) is 12.1 Å². The van der Waals surface area contributed by atoms with Crippen LogP contribution in [0, 0.1) is 5.92 Å². The summed E-state index contributed by atoms with van der Waals surface area (Å²) in [6.07, 6.45) is 8.11. The number of fused-ring (bicyclic) bond motifs is 1. The van der Waals surface area contributed by atoms with Crippen molar-refractivity contribution in [1.82, 2.24) is 20.3 Å². The van der Waals surface area contributed by atoms with Crippen molar-refractivity contribution in [3.05, 3.63) is 24.3 Å². The van der Waals surface area contributed by atoms with E-state index in [4.69, 9.17) is 0 Å². The maximum absolute atomic E-state index is 4.65. The summed E-state index contributed by atoms with van der Waals surface area (Å²) in [5, 5.41) is 4.84. The summed E-state index contributed by atoms with van der Waals surface area (Å²) in [4.78, 5) is 15.9. The first-order chi connectivity index (χ1) is 10.7. The summed E-state index contributed by atoms with van der Waals surface area (Å²) in [6.45, 7) is 7.58. The lowest BCUT2D eigenvalue weighted by atomic mass is 10.0. The van der Waals surface area contributed by atoms with Gasteiger partial charge in [-0.3, -0.25) is 4.98 Å². The Kier molecular flexibility index (Phi) is 3.45. The highest BCUT2D eigenvalue weighted by atomic mass is 15.2. The maximum Gasteiger partial charge on any atom is 0.140 e. The molecule has 1 atom stereocenters. The first-order valence-corrected chi connectivity index (χ1v) is 8.31. The second kappa shape index (κ2) is 5.47. The van der Waals surface area contributed by atoms with E-state index in [-0.39, 0.29) is 0 Å². The molecule has 1 aliphatic carbocycles. The third-order valence-corrected chi connectivity index (χ3v) is 4.88. The first-order valence-electron chi connectivity index (χ1n) is 8.31. The van der Waals surface area contributed by atoms with Crippen LogP contribution in [0.15, 0.2) is 18.7 Å². The topological polar surface area (TPSA) is 53.9 Å². The van der Waals surface area contributed by atoms with Gasteiger partial charge in [0.05, 0.1) is 11.7 Å². The van der Waals surface area contributed by atoms with Gasteiger partial charge < -0.3 is 10.2 Å². The lowest BCUT2D eigenvalue weighted by Gasteiger charge is -2.37. The highest BCUT2D eigenvalue weighted by Crippen LogP contribution is 2.44. The van der Waals surface area contributed by atoms with E-state index in [9.17, 15) is 0 Å². The molecule has 2 aliphatic rings. The predicted molar refractivity (Wildman–Crippen MR) is 88.1 cm³/mol. The number of anilines is 1. The summed E-state index contributed by atoms with van der Waals surface area (Å²) in [5.41, 5.74) is 2.32. The molecule has 116 valence electrons. The summed E-state index contributed by atoms with van der Waals surface area (Å²) < 4.78 is 0. The van der Waals surface area contributed by atoms with Crippen LogP contribution in [0.25, 0.3) is 10.9 Å². The Bertz CT molecular complexity index is 675.